The molecule has 0 atom stereocenters. The second-order valence-electron chi connectivity index (χ2n) is 8.08. The van der Waals surface area contributed by atoms with Crippen LogP contribution in [-0.4, -0.2) is 20.8 Å². The number of benzene rings is 2. The Bertz CT molecular complexity index is 1340. The average Bonchev–Trinajstić information content (AvgIpc) is 3.33. The summed E-state index contributed by atoms with van der Waals surface area (Å²) >= 11 is 12.6. The molecule has 0 bridgehead atoms. The number of aryl methyl sites for hydroxylation is 4. The molecule has 4 aromatic rings. The summed E-state index contributed by atoms with van der Waals surface area (Å²) in [4.78, 5) is 13.0. The van der Waals surface area contributed by atoms with Crippen molar-refractivity contribution in [3.8, 4) is 5.75 Å². The number of halogens is 2. The van der Waals surface area contributed by atoms with Crippen molar-refractivity contribution in [1.82, 2.24) is 14.9 Å². The van der Waals surface area contributed by atoms with Gasteiger partial charge in [0.05, 0.1) is 12.1 Å². The zero-order chi connectivity index (χ0) is 24.4. The van der Waals surface area contributed by atoms with Crippen LogP contribution in [0, 0.1) is 27.7 Å². The summed E-state index contributed by atoms with van der Waals surface area (Å²) in [6, 6.07) is 13.0. The normalized spacial score (nSPS) is 11.0. The first-order valence-electron chi connectivity index (χ1n) is 10.7. The van der Waals surface area contributed by atoms with Gasteiger partial charge in [0.25, 0.3) is 5.91 Å². The molecule has 2 heterocycles. The van der Waals surface area contributed by atoms with Gasteiger partial charge in [-0.15, -0.1) is 0 Å². The van der Waals surface area contributed by atoms with Gasteiger partial charge >= 0.3 is 0 Å². The molecule has 0 saturated heterocycles. The van der Waals surface area contributed by atoms with Crippen LogP contribution in [0.15, 0.2) is 47.0 Å². The van der Waals surface area contributed by atoms with Crippen LogP contribution in [0.3, 0.4) is 0 Å². The number of aromatic nitrogens is 3. The molecule has 0 aliphatic heterocycles. The molecule has 0 radical (unpaired) electrons. The van der Waals surface area contributed by atoms with Gasteiger partial charge in [-0.3, -0.25) is 9.48 Å². The SMILES string of the molecule is Cc1ccc(OCc2c(C(=O)Nc3cc(C)n(Cc4c(Cl)cccc4Cl)n3)noc2C)cc1C. The monoisotopic (exact) mass is 498 g/mol. The summed E-state index contributed by atoms with van der Waals surface area (Å²) in [5.41, 5.74) is 4.63. The third kappa shape index (κ3) is 5.11. The summed E-state index contributed by atoms with van der Waals surface area (Å²) in [6.07, 6.45) is 0. The smallest absolute Gasteiger partial charge is 0.279 e. The Labute approximate surface area is 207 Å². The topological polar surface area (TPSA) is 82.2 Å². The van der Waals surface area contributed by atoms with E-state index in [0.29, 0.717) is 39.5 Å². The summed E-state index contributed by atoms with van der Waals surface area (Å²) in [5.74, 6) is 1.18. The fourth-order valence-electron chi connectivity index (χ4n) is 3.44. The van der Waals surface area contributed by atoms with Crippen molar-refractivity contribution in [2.45, 2.75) is 40.8 Å². The molecule has 1 N–H and O–H groups in total. The minimum atomic E-state index is -0.434. The summed E-state index contributed by atoms with van der Waals surface area (Å²) in [7, 11) is 0. The molecule has 0 fully saturated rings. The highest BCUT2D eigenvalue weighted by atomic mass is 35.5. The van der Waals surface area contributed by atoms with Gasteiger partial charge in [-0.2, -0.15) is 5.10 Å². The first-order valence-corrected chi connectivity index (χ1v) is 11.4. The van der Waals surface area contributed by atoms with E-state index in [1.807, 2.05) is 39.0 Å². The molecule has 34 heavy (non-hydrogen) atoms. The van der Waals surface area contributed by atoms with Crippen LogP contribution in [-0.2, 0) is 13.2 Å². The number of carbonyl (C=O) groups excluding carboxylic acids is 1. The molecular formula is C25H24Cl2N4O3. The highest BCUT2D eigenvalue weighted by Gasteiger charge is 2.22. The van der Waals surface area contributed by atoms with Gasteiger partial charge in [0.15, 0.2) is 11.5 Å². The molecule has 0 unspecified atom stereocenters. The molecule has 9 heteroatoms. The van der Waals surface area contributed by atoms with E-state index in [1.165, 1.54) is 5.56 Å². The highest BCUT2D eigenvalue weighted by Crippen LogP contribution is 2.26. The minimum Gasteiger partial charge on any atom is -0.489 e. The maximum absolute atomic E-state index is 13.0. The molecule has 7 nitrogen and oxygen atoms in total. The summed E-state index contributed by atoms with van der Waals surface area (Å²) in [6.45, 7) is 8.22. The van der Waals surface area contributed by atoms with Crippen LogP contribution in [0.4, 0.5) is 5.82 Å². The van der Waals surface area contributed by atoms with Gasteiger partial charge in [0.2, 0.25) is 0 Å². The number of hydrogen-bond acceptors (Lipinski definition) is 5. The molecule has 2 aromatic heterocycles. The van der Waals surface area contributed by atoms with E-state index in [4.69, 9.17) is 32.5 Å². The molecule has 0 spiro atoms. The van der Waals surface area contributed by atoms with Crippen molar-refractivity contribution in [1.29, 1.82) is 0 Å². The predicted molar refractivity (Wildman–Crippen MR) is 132 cm³/mol. The van der Waals surface area contributed by atoms with E-state index in [9.17, 15) is 4.79 Å². The van der Waals surface area contributed by atoms with Crippen molar-refractivity contribution < 1.29 is 14.1 Å². The number of hydrogen-bond donors (Lipinski definition) is 1. The predicted octanol–water partition coefficient (Wildman–Crippen LogP) is 6.29. The maximum atomic E-state index is 13.0. The minimum absolute atomic E-state index is 0.152. The molecular weight excluding hydrogens is 475 g/mol. The quantitative estimate of drug-likeness (QED) is 0.323. The molecule has 2 aromatic carbocycles. The van der Waals surface area contributed by atoms with Crippen molar-refractivity contribution in [2.75, 3.05) is 5.32 Å². The Balaban J connectivity index is 1.48. The lowest BCUT2D eigenvalue weighted by atomic mass is 10.1. The van der Waals surface area contributed by atoms with Crippen molar-refractivity contribution >= 4 is 34.9 Å². The van der Waals surface area contributed by atoms with Gasteiger partial charge in [0, 0.05) is 27.4 Å². The summed E-state index contributed by atoms with van der Waals surface area (Å²) < 4.78 is 12.9. The van der Waals surface area contributed by atoms with Gasteiger partial charge in [-0.1, -0.05) is 40.5 Å². The first-order chi connectivity index (χ1) is 16.2. The standard InChI is InChI=1S/C25H24Cl2N4O3/c1-14-8-9-18(10-15(14)2)33-13-20-17(4)34-30-24(20)25(32)28-23-11-16(3)31(29-23)12-19-21(26)6-5-7-22(19)27/h5-11H,12-13H2,1-4H3,(H,28,29,32). The van der Waals surface area contributed by atoms with Crippen molar-refractivity contribution in [3.63, 3.8) is 0 Å². The Morgan fingerprint density at radius 3 is 2.47 bits per heavy atom. The van der Waals surface area contributed by atoms with Gasteiger partial charge in [0.1, 0.15) is 18.1 Å². The van der Waals surface area contributed by atoms with Crippen molar-refractivity contribution in [3.05, 3.63) is 91.9 Å². The van der Waals surface area contributed by atoms with Gasteiger partial charge < -0.3 is 14.6 Å². The van der Waals surface area contributed by atoms with Crippen LogP contribution in [0.5, 0.6) is 5.75 Å². The lowest BCUT2D eigenvalue weighted by Crippen LogP contribution is -2.16. The Hall–Kier alpha value is -3.29. The second kappa shape index (κ2) is 9.91. The lowest BCUT2D eigenvalue weighted by molar-refractivity contribution is 0.101. The van der Waals surface area contributed by atoms with Crippen LogP contribution in [0.1, 0.15) is 44.2 Å². The lowest BCUT2D eigenvalue weighted by Gasteiger charge is -2.09. The van der Waals surface area contributed by atoms with E-state index >= 15 is 0 Å². The van der Waals surface area contributed by atoms with Crippen molar-refractivity contribution in [2.24, 2.45) is 0 Å². The Morgan fingerprint density at radius 2 is 1.76 bits per heavy atom. The number of carbonyl (C=O) groups is 1. The van der Waals surface area contributed by atoms with Crippen LogP contribution in [0.2, 0.25) is 10.0 Å². The number of rotatable bonds is 7. The Morgan fingerprint density at radius 1 is 1.03 bits per heavy atom. The van der Waals surface area contributed by atoms with E-state index in [0.717, 1.165) is 16.8 Å². The number of nitrogens with one attached hydrogen (secondary N) is 1. The molecule has 0 saturated carbocycles. The number of amides is 1. The van der Waals surface area contributed by atoms with E-state index < -0.39 is 5.91 Å². The zero-order valence-electron chi connectivity index (χ0n) is 19.3. The fraction of sp³-hybridized carbons (Fsp3) is 0.240. The van der Waals surface area contributed by atoms with Crippen LogP contribution >= 0.6 is 23.2 Å². The number of anilines is 1. The molecule has 0 aliphatic carbocycles. The molecule has 176 valence electrons. The molecule has 0 aliphatic rings. The third-order valence-electron chi connectivity index (χ3n) is 5.65. The largest absolute Gasteiger partial charge is 0.489 e. The zero-order valence-corrected chi connectivity index (χ0v) is 20.8. The third-order valence-corrected chi connectivity index (χ3v) is 6.36. The highest BCUT2D eigenvalue weighted by molar-refractivity contribution is 6.36. The van der Waals surface area contributed by atoms with Crippen LogP contribution in [0.25, 0.3) is 0 Å². The second-order valence-corrected chi connectivity index (χ2v) is 8.90. The fourth-order valence-corrected chi connectivity index (χ4v) is 3.96. The maximum Gasteiger partial charge on any atom is 0.279 e. The molecule has 1 amide bonds. The first kappa shape index (κ1) is 23.9. The van der Waals surface area contributed by atoms with E-state index in [1.54, 1.807) is 35.9 Å². The van der Waals surface area contributed by atoms with Crippen LogP contribution < -0.4 is 10.1 Å². The molecule has 4 rings (SSSR count). The van der Waals surface area contributed by atoms with E-state index in [-0.39, 0.29) is 12.3 Å². The average molecular weight is 499 g/mol. The Kier molecular flexibility index (Phi) is 6.95. The summed E-state index contributed by atoms with van der Waals surface area (Å²) in [5, 5.41) is 12.3. The number of nitrogens with zero attached hydrogens (tertiary/aromatic N) is 3. The van der Waals surface area contributed by atoms with Gasteiger partial charge in [-0.05, 0) is 63.1 Å². The van der Waals surface area contributed by atoms with Gasteiger partial charge in [-0.25, -0.2) is 0 Å². The number of ether oxygens (including phenoxy) is 1. The van der Waals surface area contributed by atoms with E-state index in [2.05, 4.69) is 15.6 Å².